The molecule has 5 aliphatic rings. The molecule has 1 aromatic carbocycles. The van der Waals surface area contributed by atoms with Gasteiger partial charge < -0.3 is 14.4 Å². The van der Waals surface area contributed by atoms with Gasteiger partial charge in [0.1, 0.15) is 11.9 Å². The van der Waals surface area contributed by atoms with Crippen LogP contribution in [0.2, 0.25) is 0 Å². The van der Waals surface area contributed by atoms with Crippen LogP contribution in [0.1, 0.15) is 39.0 Å². The Morgan fingerprint density at radius 3 is 2.68 bits per heavy atom. The molecule has 31 heavy (non-hydrogen) atoms. The van der Waals surface area contributed by atoms with Crippen molar-refractivity contribution in [2.24, 2.45) is 23.2 Å². The van der Waals surface area contributed by atoms with Crippen LogP contribution in [0.5, 0.6) is 0 Å². The molecule has 5 fully saturated rings. The van der Waals surface area contributed by atoms with Gasteiger partial charge in [0.2, 0.25) is 0 Å². The molecule has 0 N–H and O–H groups in total. The quantitative estimate of drug-likeness (QED) is 0.545. The first kappa shape index (κ1) is 20.0. The summed E-state index contributed by atoms with van der Waals surface area (Å²) in [6.07, 6.45) is 5.78. The number of nitrogens with zero attached hydrogens (tertiary/aromatic N) is 2. The number of rotatable bonds is 3. The minimum Gasteiger partial charge on any atom is -0.462 e. The van der Waals surface area contributed by atoms with Crippen LogP contribution in [0.3, 0.4) is 0 Å². The third-order valence-corrected chi connectivity index (χ3v) is 9.10. The van der Waals surface area contributed by atoms with Crippen molar-refractivity contribution in [2.75, 3.05) is 44.2 Å². The number of ether oxygens (including phenoxy) is 2. The number of piperazine rings is 1. The van der Waals surface area contributed by atoms with Crippen molar-refractivity contribution in [3.63, 3.8) is 0 Å². The smallest absolute Gasteiger partial charge is 0.310 e. The van der Waals surface area contributed by atoms with Crippen LogP contribution in [-0.2, 0) is 14.3 Å². The summed E-state index contributed by atoms with van der Waals surface area (Å²) in [5.41, 5.74) is 1.02. The standard InChI is InChI=1S/C25H33FN2O3/c1-24-7-4-8-25(16-30-25)22(24)13-17-18(23(29)31-21(17)14-24)15-27-9-11-28(12-10-27)20-6-3-2-5-19(20)26/h2-3,5-6,17-18,21-22H,4,7-16H2,1H3/t17-,18-,21+,22-,24+,25-/m0/s1. The van der Waals surface area contributed by atoms with Crippen LogP contribution >= 0.6 is 0 Å². The predicted octanol–water partition coefficient (Wildman–Crippen LogP) is 3.47. The van der Waals surface area contributed by atoms with E-state index in [0.29, 0.717) is 17.5 Å². The maximum absolute atomic E-state index is 14.1. The number of hydrogen-bond acceptors (Lipinski definition) is 5. The van der Waals surface area contributed by atoms with E-state index in [1.165, 1.54) is 25.3 Å². The Bertz CT molecular complexity index is 866. The predicted molar refractivity (Wildman–Crippen MR) is 115 cm³/mol. The second-order valence-corrected chi connectivity index (χ2v) is 10.8. The fourth-order valence-electron chi connectivity index (χ4n) is 7.32. The highest BCUT2D eigenvalue weighted by Gasteiger charge is 2.65. The molecule has 3 aliphatic heterocycles. The fourth-order valence-corrected chi connectivity index (χ4v) is 7.32. The highest BCUT2D eigenvalue weighted by molar-refractivity contribution is 5.75. The zero-order chi connectivity index (χ0) is 21.2. The second-order valence-electron chi connectivity index (χ2n) is 10.8. The largest absolute Gasteiger partial charge is 0.462 e. The van der Waals surface area contributed by atoms with Crippen LogP contribution < -0.4 is 4.90 Å². The van der Waals surface area contributed by atoms with Crippen molar-refractivity contribution >= 4 is 11.7 Å². The Hall–Kier alpha value is -1.66. The van der Waals surface area contributed by atoms with Crippen molar-refractivity contribution < 1.29 is 18.7 Å². The summed E-state index contributed by atoms with van der Waals surface area (Å²) in [6.45, 7) is 7.35. The van der Waals surface area contributed by atoms with E-state index in [4.69, 9.17) is 9.47 Å². The third kappa shape index (κ3) is 3.29. The minimum absolute atomic E-state index is 0.000421. The minimum atomic E-state index is -0.160. The maximum Gasteiger partial charge on any atom is 0.310 e. The van der Waals surface area contributed by atoms with Gasteiger partial charge in [-0.15, -0.1) is 0 Å². The van der Waals surface area contributed by atoms with Crippen molar-refractivity contribution in [1.29, 1.82) is 0 Å². The molecule has 168 valence electrons. The first-order valence-corrected chi connectivity index (χ1v) is 12.0. The molecule has 3 saturated heterocycles. The van der Waals surface area contributed by atoms with Gasteiger partial charge in [-0.05, 0) is 55.6 Å². The van der Waals surface area contributed by atoms with Crippen LogP contribution in [0.4, 0.5) is 10.1 Å². The normalized spacial score (nSPS) is 42.3. The maximum atomic E-state index is 14.1. The number of carbonyl (C=O) groups is 1. The molecule has 5 nitrogen and oxygen atoms in total. The lowest BCUT2D eigenvalue weighted by Gasteiger charge is -2.51. The van der Waals surface area contributed by atoms with E-state index in [9.17, 15) is 9.18 Å². The number of fused-ring (bicyclic) bond motifs is 3. The molecular weight excluding hydrogens is 395 g/mol. The van der Waals surface area contributed by atoms with Crippen LogP contribution in [-0.4, -0.2) is 61.9 Å². The van der Waals surface area contributed by atoms with Crippen molar-refractivity contribution in [2.45, 2.75) is 50.7 Å². The monoisotopic (exact) mass is 428 g/mol. The number of halogens is 1. The van der Waals surface area contributed by atoms with Gasteiger partial charge in [0, 0.05) is 38.6 Å². The average molecular weight is 429 g/mol. The van der Waals surface area contributed by atoms with Crippen LogP contribution in [0.15, 0.2) is 24.3 Å². The molecule has 2 aliphatic carbocycles. The number of benzene rings is 1. The van der Waals surface area contributed by atoms with Gasteiger partial charge in [0.15, 0.2) is 0 Å². The van der Waals surface area contributed by atoms with E-state index in [1.54, 1.807) is 6.07 Å². The molecule has 2 saturated carbocycles. The Balaban J connectivity index is 1.12. The highest BCUT2D eigenvalue weighted by atomic mass is 19.1. The summed E-state index contributed by atoms with van der Waals surface area (Å²) >= 11 is 0. The molecule has 0 unspecified atom stereocenters. The number of epoxide rings is 1. The molecule has 0 bridgehead atoms. The Morgan fingerprint density at radius 2 is 1.94 bits per heavy atom. The molecule has 3 heterocycles. The average Bonchev–Trinajstić information content (AvgIpc) is 3.46. The number of carbonyl (C=O) groups excluding carboxylic acids is 1. The Labute approximate surface area is 183 Å². The molecule has 0 amide bonds. The molecule has 6 heteroatoms. The summed E-state index contributed by atoms with van der Waals surface area (Å²) in [4.78, 5) is 17.4. The summed E-state index contributed by atoms with van der Waals surface area (Å²) in [5.74, 6) is 0.679. The lowest BCUT2D eigenvalue weighted by Crippen LogP contribution is -2.52. The van der Waals surface area contributed by atoms with Crippen LogP contribution in [0.25, 0.3) is 0 Å². The number of para-hydroxylation sites is 1. The van der Waals surface area contributed by atoms with E-state index in [2.05, 4.69) is 16.7 Å². The lowest BCUT2D eigenvalue weighted by atomic mass is 9.53. The Kier molecular flexibility index (Phi) is 4.62. The first-order valence-electron chi connectivity index (χ1n) is 12.0. The molecular formula is C25H33FN2O3. The second kappa shape index (κ2) is 7.17. The number of hydrogen-bond donors (Lipinski definition) is 0. The van der Waals surface area contributed by atoms with Gasteiger partial charge in [0.25, 0.3) is 0 Å². The molecule has 0 radical (unpaired) electrons. The van der Waals surface area contributed by atoms with Gasteiger partial charge in [0.05, 0.1) is 23.8 Å². The topological polar surface area (TPSA) is 45.3 Å². The molecule has 6 atom stereocenters. The summed E-state index contributed by atoms with van der Waals surface area (Å²) in [5, 5.41) is 0. The van der Waals surface area contributed by atoms with E-state index in [1.807, 2.05) is 12.1 Å². The summed E-state index contributed by atoms with van der Waals surface area (Å²) < 4.78 is 26.1. The van der Waals surface area contributed by atoms with Gasteiger partial charge in [-0.3, -0.25) is 9.69 Å². The van der Waals surface area contributed by atoms with E-state index >= 15 is 0 Å². The van der Waals surface area contributed by atoms with E-state index < -0.39 is 0 Å². The third-order valence-electron chi connectivity index (χ3n) is 9.10. The van der Waals surface area contributed by atoms with Gasteiger partial charge in [-0.2, -0.15) is 0 Å². The summed E-state index contributed by atoms with van der Waals surface area (Å²) in [7, 11) is 0. The first-order chi connectivity index (χ1) is 15.0. The van der Waals surface area contributed by atoms with Crippen molar-refractivity contribution in [3.05, 3.63) is 30.1 Å². The van der Waals surface area contributed by atoms with Gasteiger partial charge in [-0.1, -0.05) is 19.1 Å². The lowest BCUT2D eigenvalue weighted by molar-refractivity contribution is -0.147. The summed E-state index contributed by atoms with van der Waals surface area (Å²) in [6, 6.07) is 6.99. The van der Waals surface area contributed by atoms with Crippen molar-refractivity contribution in [3.8, 4) is 0 Å². The van der Waals surface area contributed by atoms with Gasteiger partial charge in [-0.25, -0.2) is 4.39 Å². The highest BCUT2D eigenvalue weighted by Crippen LogP contribution is 2.62. The SMILES string of the molecule is C[C@]12CCC[C@]3(CO3)[C@H]1C[C@H]1[C@H](CN3CCN(c4ccccc4F)CC3)C(=O)O[C@@H]1C2. The zero-order valence-electron chi connectivity index (χ0n) is 18.4. The van der Waals surface area contributed by atoms with Crippen molar-refractivity contribution in [1.82, 2.24) is 4.90 Å². The zero-order valence-corrected chi connectivity index (χ0v) is 18.4. The fraction of sp³-hybridized carbons (Fsp3) is 0.720. The molecule has 1 aromatic rings. The van der Waals surface area contributed by atoms with Crippen LogP contribution in [0, 0.1) is 29.0 Å². The Morgan fingerprint density at radius 1 is 1.16 bits per heavy atom. The van der Waals surface area contributed by atoms with E-state index in [0.717, 1.165) is 52.2 Å². The molecule has 1 spiro atoms. The molecule has 6 rings (SSSR count). The van der Waals surface area contributed by atoms with E-state index in [-0.39, 0.29) is 34.8 Å². The molecule has 0 aromatic heterocycles. The number of anilines is 1. The van der Waals surface area contributed by atoms with Gasteiger partial charge >= 0.3 is 5.97 Å². The number of esters is 1.